The van der Waals surface area contributed by atoms with Gasteiger partial charge in [0.2, 0.25) is 0 Å². The van der Waals surface area contributed by atoms with Crippen LogP contribution in [-0.2, 0) is 4.79 Å². The number of halogens is 1. The van der Waals surface area contributed by atoms with E-state index in [0.717, 1.165) is 0 Å². The van der Waals surface area contributed by atoms with Gasteiger partial charge in [-0.2, -0.15) is 0 Å². The SMILES string of the molecule is CC(C)CNC(=O)COc1ccc(C(=O)c2ccc(F)cc2)cc1. The maximum Gasteiger partial charge on any atom is 0.257 e. The second-order valence-corrected chi connectivity index (χ2v) is 5.85. The number of amides is 1. The van der Waals surface area contributed by atoms with Crippen molar-refractivity contribution in [2.75, 3.05) is 13.2 Å². The Morgan fingerprint density at radius 1 is 1.00 bits per heavy atom. The van der Waals surface area contributed by atoms with Crippen LogP contribution in [0.25, 0.3) is 0 Å². The molecule has 0 bridgehead atoms. The lowest BCUT2D eigenvalue weighted by molar-refractivity contribution is -0.123. The summed E-state index contributed by atoms with van der Waals surface area (Å²) in [5, 5.41) is 2.76. The fraction of sp³-hybridized carbons (Fsp3) is 0.263. The minimum absolute atomic E-state index is 0.0715. The number of carbonyl (C=O) groups is 2. The molecule has 2 rings (SSSR count). The minimum atomic E-state index is -0.383. The minimum Gasteiger partial charge on any atom is -0.484 e. The van der Waals surface area contributed by atoms with E-state index in [-0.39, 0.29) is 24.1 Å². The van der Waals surface area contributed by atoms with Crippen LogP contribution in [-0.4, -0.2) is 24.8 Å². The standard InChI is InChI=1S/C19H20FNO3/c1-13(2)11-21-18(22)12-24-17-9-5-15(6-10-17)19(23)14-3-7-16(20)8-4-14/h3-10,13H,11-12H2,1-2H3,(H,21,22). The number of hydrogen-bond donors (Lipinski definition) is 1. The van der Waals surface area contributed by atoms with E-state index in [4.69, 9.17) is 4.74 Å². The van der Waals surface area contributed by atoms with Crippen molar-refractivity contribution < 1.29 is 18.7 Å². The van der Waals surface area contributed by atoms with Crippen molar-refractivity contribution in [3.8, 4) is 5.75 Å². The molecule has 0 saturated heterocycles. The first-order valence-corrected chi connectivity index (χ1v) is 7.75. The molecule has 4 nitrogen and oxygen atoms in total. The second-order valence-electron chi connectivity index (χ2n) is 5.85. The number of carbonyl (C=O) groups excluding carboxylic acids is 2. The third kappa shape index (κ3) is 5.19. The van der Waals surface area contributed by atoms with Crippen LogP contribution in [0.1, 0.15) is 29.8 Å². The molecule has 0 heterocycles. The first-order chi connectivity index (χ1) is 11.5. The molecule has 24 heavy (non-hydrogen) atoms. The van der Waals surface area contributed by atoms with E-state index in [9.17, 15) is 14.0 Å². The van der Waals surface area contributed by atoms with E-state index in [1.165, 1.54) is 24.3 Å². The smallest absolute Gasteiger partial charge is 0.257 e. The van der Waals surface area contributed by atoms with Gasteiger partial charge in [0.05, 0.1) is 0 Å². The summed E-state index contributed by atoms with van der Waals surface area (Å²) in [5.41, 5.74) is 0.886. The number of ether oxygens (including phenoxy) is 1. The van der Waals surface area contributed by atoms with Crippen molar-refractivity contribution in [2.45, 2.75) is 13.8 Å². The summed E-state index contributed by atoms with van der Waals surface area (Å²) in [5.74, 6) is 0.119. The predicted molar refractivity (Wildman–Crippen MR) is 89.6 cm³/mol. The molecule has 2 aromatic carbocycles. The van der Waals surface area contributed by atoms with Crippen molar-refractivity contribution >= 4 is 11.7 Å². The van der Waals surface area contributed by atoms with Gasteiger partial charge in [0.15, 0.2) is 12.4 Å². The molecule has 2 aromatic rings. The first-order valence-electron chi connectivity index (χ1n) is 7.75. The highest BCUT2D eigenvalue weighted by Gasteiger charge is 2.10. The lowest BCUT2D eigenvalue weighted by Gasteiger charge is -2.09. The Morgan fingerprint density at radius 2 is 1.54 bits per heavy atom. The molecule has 0 aliphatic rings. The van der Waals surface area contributed by atoms with Crippen molar-refractivity contribution in [1.82, 2.24) is 5.32 Å². The van der Waals surface area contributed by atoms with Gasteiger partial charge in [-0.05, 0) is 54.4 Å². The normalized spacial score (nSPS) is 10.5. The molecule has 126 valence electrons. The number of benzene rings is 2. The van der Waals surface area contributed by atoms with Crippen LogP contribution in [0.4, 0.5) is 4.39 Å². The zero-order chi connectivity index (χ0) is 17.5. The van der Waals surface area contributed by atoms with E-state index in [1.807, 2.05) is 13.8 Å². The number of hydrogen-bond acceptors (Lipinski definition) is 3. The lowest BCUT2D eigenvalue weighted by Crippen LogP contribution is -2.31. The Hall–Kier alpha value is -2.69. The molecular weight excluding hydrogens is 309 g/mol. The average molecular weight is 329 g/mol. The number of ketones is 1. The summed E-state index contributed by atoms with van der Waals surface area (Å²) < 4.78 is 18.3. The molecule has 0 aliphatic carbocycles. The zero-order valence-corrected chi connectivity index (χ0v) is 13.7. The predicted octanol–water partition coefficient (Wildman–Crippen LogP) is 3.21. The number of rotatable bonds is 7. The summed E-state index contributed by atoms with van der Waals surface area (Å²) in [4.78, 5) is 23.8. The lowest BCUT2D eigenvalue weighted by atomic mass is 10.0. The maximum atomic E-state index is 12.9. The van der Waals surface area contributed by atoms with Gasteiger partial charge in [0.1, 0.15) is 11.6 Å². The Kier molecular flexibility index (Phi) is 6.07. The average Bonchev–Trinajstić information content (AvgIpc) is 2.58. The summed E-state index contributed by atoms with van der Waals surface area (Å²) in [7, 11) is 0. The summed E-state index contributed by atoms with van der Waals surface area (Å²) in [6.07, 6.45) is 0. The first kappa shape index (κ1) is 17.7. The summed E-state index contributed by atoms with van der Waals surface area (Å²) >= 11 is 0. The highest BCUT2D eigenvalue weighted by molar-refractivity contribution is 6.09. The summed E-state index contributed by atoms with van der Waals surface area (Å²) in [6, 6.07) is 11.9. The van der Waals surface area contributed by atoms with Crippen LogP contribution in [0.3, 0.4) is 0 Å². The summed E-state index contributed by atoms with van der Waals surface area (Å²) in [6.45, 7) is 4.56. The molecule has 0 aliphatic heterocycles. The molecular formula is C19H20FNO3. The molecule has 0 unspecified atom stereocenters. The molecule has 0 atom stereocenters. The molecule has 0 saturated carbocycles. The molecule has 0 spiro atoms. The van der Waals surface area contributed by atoms with E-state index >= 15 is 0 Å². The Bertz CT molecular complexity index is 694. The second kappa shape index (κ2) is 8.24. The van der Waals surface area contributed by atoms with Crippen LogP contribution in [0.15, 0.2) is 48.5 Å². The van der Waals surface area contributed by atoms with E-state index in [0.29, 0.717) is 29.3 Å². The molecule has 1 amide bonds. The molecule has 0 fully saturated rings. The van der Waals surface area contributed by atoms with Gasteiger partial charge in [-0.1, -0.05) is 13.8 Å². The Morgan fingerprint density at radius 3 is 2.08 bits per heavy atom. The molecule has 0 radical (unpaired) electrons. The fourth-order valence-corrected chi connectivity index (χ4v) is 1.99. The van der Waals surface area contributed by atoms with Crippen molar-refractivity contribution in [2.24, 2.45) is 5.92 Å². The van der Waals surface area contributed by atoms with Crippen molar-refractivity contribution in [3.63, 3.8) is 0 Å². The van der Waals surface area contributed by atoms with Gasteiger partial charge in [0.25, 0.3) is 5.91 Å². The molecule has 0 aromatic heterocycles. The van der Waals surface area contributed by atoms with Crippen LogP contribution >= 0.6 is 0 Å². The van der Waals surface area contributed by atoms with Gasteiger partial charge >= 0.3 is 0 Å². The fourth-order valence-electron chi connectivity index (χ4n) is 1.99. The van der Waals surface area contributed by atoms with Crippen molar-refractivity contribution in [3.05, 3.63) is 65.5 Å². The van der Waals surface area contributed by atoms with Gasteiger partial charge in [-0.15, -0.1) is 0 Å². The topological polar surface area (TPSA) is 55.4 Å². The van der Waals surface area contributed by atoms with Gasteiger partial charge < -0.3 is 10.1 Å². The Labute approximate surface area is 140 Å². The molecule has 1 N–H and O–H groups in total. The van der Waals surface area contributed by atoms with Gasteiger partial charge in [0, 0.05) is 17.7 Å². The number of nitrogens with one attached hydrogen (secondary N) is 1. The monoisotopic (exact) mass is 329 g/mol. The van der Waals surface area contributed by atoms with Crippen molar-refractivity contribution in [1.29, 1.82) is 0 Å². The third-order valence-electron chi connectivity index (χ3n) is 3.30. The molecule has 5 heteroatoms. The maximum absolute atomic E-state index is 12.9. The zero-order valence-electron chi connectivity index (χ0n) is 13.7. The van der Waals surface area contributed by atoms with E-state index in [2.05, 4.69) is 5.32 Å². The van der Waals surface area contributed by atoms with E-state index in [1.54, 1.807) is 24.3 Å². The van der Waals surface area contributed by atoms with Crippen LogP contribution in [0.5, 0.6) is 5.75 Å². The third-order valence-corrected chi connectivity index (χ3v) is 3.30. The van der Waals surface area contributed by atoms with Crippen LogP contribution in [0.2, 0.25) is 0 Å². The quantitative estimate of drug-likeness (QED) is 0.794. The Balaban J connectivity index is 1.92. The van der Waals surface area contributed by atoms with Gasteiger partial charge in [-0.25, -0.2) is 4.39 Å². The van der Waals surface area contributed by atoms with Crippen LogP contribution in [0, 0.1) is 11.7 Å². The highest BCUT2D eigenvalue weighted by atomic mass is 19.1. The highest BCUT2D eigenvalue weighted by Crippen LogP contribution is 2.16. The van der Waals surface area contributed by atoms with Gasteiger partial charge in [-0.3, -0.25) is 9.59 Å². The largest absolute Gasteiger partial charge is 0.484 e. The van der Waals surface area contributed by atoms with E-state index < -0.39 is 0 Å². The van der Waals surface area contributed by atoms with Crippen LogP contribution < -0.4 is 10.1 Å².